The van der Waals surface area contributed by atoms with E-state index in [2.05, 4.69) is 10.6 Å². The average Bonchev–Trinajstić information content (AvgIpc) is 3.36. The molecule has 0 saturated carbocycles. The summed E-state index contributed by atoms with van der Waals surface area (Å²) in [5.41, 5.74) is 1.17. The zero-order valence-electron chi connectivity index (χ0n) is 17.6. The van der Waals surface area contributed by atoms with Crippen LogP contribution in [0.5, 0.6) is 0 Å². The van der Waals surface area contributed by atoms with Crippen LogP contribution in [-0.2, 0) is 11.3 Å². The molecule has 1 aromatic heterocycles. The van der Waals surface area contributed by atoms with Gasteiger partial charge >= 0.3 is 6.03 Å². The predicted molar refractivity (Wildman–Crippen MR) is 121 cm³/mol. The van der Waals surface area contributed by atoms with Crippen LogP contribution in [0, 0.1) is 5.82 Å². The SMILES string of the molecule is CC(=O)n1cc(NC(=O)[C@@H]2C[C@@H](F)CN2C(=O)NCc2cccc(Cl)c2F)c2ccccc21. The van der Waals surface area contributed by atoms with E-state index >= 15 is 0 Å². The molecule has 0 radical (unpaired) electrons. The Hall–Kier alpha value is -3.46. The molecule has 0 aliphatic carbocycles. The highest BCUT2D eigenvalue weighted by atomic mass is 35.5. The second-order valence-electron chi connectivity index (χ2n) is 7.81. The van der Waals surface area contributed by atoms with Crippen molar-refractivity contribution in [3.63, 3.8) is 0 Å². The van der Waals surface area contributed by atoms with Crippen LogP contribution >= 0.6 is 11.6 Å². The maximum absolute atomic E-state index is 14.2. The van der Waals surface area contributed by atoms with Crippen molar-refractivity contribution in [3.8, 4) is 0 Å². The number of carbonyl (C=O) groups is 3. The number of urea groups is 1. The lowest BCUT2D eigenvalue weighted by molar-refractivity contribution is -0.119. The van der Waals surface area contributed by atoms with Gasteiger partial charge in [0.15, 0.2) is 0 Å². The lowest BCUT2D eigenvalue weighted by Crippen LogP contribution is -2.47. The van der Waals surface area contributed by atoms with Crippen molar-refractivity contribution in [2.24, 2.45) is 0 Å². The van der Waals surface area contributed by atoms with E-state index in [0.717, 1.165) is 4.90 Å². The zero-order valence-corrected chi connectivity index (χ0v) is 18.4. The number of nitrogens with zero attached hydrogens (tertiary/aromatic N) is 2. The van der Waals surface area contributed by atoms with Crippen molar-refractivity contribution in [2.75, 3.05) is 11.9 Å². The third-order valence-corrected chi connectivity index (χ3v) is 5.88. The number of benzene rings is 2. The minimum atomic E-state index is -1.38. The number of halogens is 3. The smallest absolute Gasteiger partial charge is 0.318 e. The van der Waals surface area contributed by atoms with Gasteiger partial charge in [-0.2, -0.15) is 0 Å². The van der Waals surface area contributed by atoms with Crippen molar-refractivity contribution < 1.29 is 23.2 Å². The minimum Gasteiger partial charge on any atom is -0.334 e. The van der Waals surface area contributed by atoms with Crippen molar-refractivity contribution in [3.05, 3.63) is 65.1 Å². The van der Waals surface area contributed by atoms with E-state index in [0.29, 0.717) is 16.6 Å². The molecule has 172 valence electrons. The molecule has 10 heteroatoms. The van der Waals surface area contributed by atoms with Gasteiger partial charge in [-0.1, -0.05) is 41.9 Å². The number of para-hydroxylation sites is 1. The highest BCUT2D eigenvalue weighted by Crippen LogP contribution is 2.28. The van der Waals surface area contributed by atoms with Crippen LogP contribution in [0.4, 0.5) is 19.3 Å². The molecule has 3 aromatic rings. The van der Waals surface area contributed by atoms with E-state index in [4.69, 9.17) is 11.6 Å². The molecule has 2 aromatic carbocycles. The van der Waals surface area contributed by atoms with Gasteiger partial charge in [0.2, 0.25) is 11.8 Å². The average molecular weight is 475 g/mol. The molecule has 4 rings (SSSR count). The molecule has 2 N–H and O–H groups in total. The molecule has 1 aliphatic rings. The van der Waals surface area contributed by atoms with Crippen LogP contribution < -0.4 is 10.6 Å². The number of aromatic nitrogens is 1. The maximum atomic E-state index is 14.2. The molecule has 1 saturated heterocycles. The van der Waals surface area contributed by atoms with Gasteiger partial charge in [-0.25, -0.2) is 13.6 Å². The molecule has 3 amide bonds. The number of carbonyl (C=O) groups excluding carboxylic acids is 3. The van der Waals surface area contributed by atoms with E-state index in [-0.39, 0.29) is 36.0 Å². The number of fused-ring (bicyclic) bond motifs is 1. The summed E-state index contributed by atoms with van der Waals surface area (Å²) in [6, 6.07) is 9.68. The summed E-state index contributed by atoms with van der Waals surface area (Å²) in [4.78, 5) is 38.7. The summed E-state index contributed by atoms with van der Waals surface area (Å²) in [5, 5.41) is 5.81. The third-order valence-electron chi connectivity index (χ3n) is 5.58. The van der Waals surface area contributed by atoms with E-state index in [9.17, 15) is 23.2 Å². The monoisotopic (exact) mass is 474 g/mol. The van der Waals surface area contributed by atoms with E-state index in [1.54, 1.807) is 30.3 Å². The predicted octanol–water partition coefficient (Wildman–Crippen LogP) is 4.35. The number of amides is 3. The van der Waals surface area contributed by atoms with Crippen molar-refractivity contribution in [1.29, 1.82) is 0 Å². The summed E-state index contributed by atoms with van der Waals surface area (Å²) in [6.07, 6.45) is -0.0529. The number of nitrogens with one attached hydrogen (secondary N) is 2. The molecule has 0 unspecified atom stereocenters. The fourth-order valence-electron chi connectivity index (χ4n) is 3.97. The van der Waals surface area contributed by atoms with Crippen LogP contribution in [0.15, 0.2) is 48.7 Å². The standard InChI is InChI=1S/C23H21ClF2N4O3/c1-13(31)29-12-18(16-6-2-3-8-19(16)29)28-22(32)20-9-15(25)11-30(20)23(33)27-10-14-5-4-7-17(24)21(14)26/h2-8,12,15,20H,9-11H2,1H3,(H,27,33)(H,28,32)/t15-,20+/m1/s1. The summed E-state index contributed by atoms with van der Waals surface area (Å²) >= 11 is 5.76. The molecule has 0 spiro atoms. The Morgan fingerprint density at radius 1 is 1.15 bits per heavy atom. The first-order valence-corrected chi connectivity index (χ1v) is 10.7. The minimum absolute atomic E-state index is 0.0753. The van der Waals surface area contributed by atoms with Crippen LogP contribution in [0.25, 0.3) is 10.9 Å². The highest BCUT2D eigenvalue weighted by Gasteiger charge is 2.40. The van der Waals surface area contributed by atoms with E-state index in [1.807, 2.05) is 0 Å². The van der Waals surface area contributed by atoms with Gasteiger partial charge in [0.1, 0.15) is 18.0 Å². The zero-order chi connectivity index (χ0) is 23.7. The van der Waals surface area contributed by atoms with Crippen LogP contribution in [0.2, 0.25) is 5.02 Å². The Morgan fingerprint density at radius 3 is 2.67 bits per heavy atom. The topological polar surface area (TPSA) is 83.4 Å². The molecule has 7 nitrogen and oxygen atoms in total. The first-order chi connectivity index (χ1) is 15.8. The Kier molecular flexibility index (Phi) is 6.33. The summed E-state index contributed by atoms with van der Waals surface area (Å²) in [5.74, 6) is -1.46. The normalized spacial score (nSPS) is 17.9. The first-order valence-electron chi connectivity index (χ1n) is 10.3. The van der Waals surface area contributed by atoms with E-state index in [1.165, 1.54) is 29.8 Å². The van der Waals surface area contributed by atoms with Crippen LogP contribution in [0.1, 0.15) is 23.7 Å². The van der Waals surface area contributed by atoms with Gasteiger partial charge < -0.3 is 15.5 Å². The maximum Gasteiger partial charge on any atom is 0.318 e. The molecule has 2 atom stereocenters. The van der Waals surface area contributed by atoms with Gasteiger partial charge in [-0.3, -0.25) is 14.2 Å². The fourth-order valence-corrected chi connectivity index (χ4v) is 4.17. The van der Waals surface area contributed by atoms with Crippen molar-refractivity contribution >= 4 is 46.0 Å². The second kappa shape index (κ2) is 9.19. The fraction of sp³-hybridized carbons (Fsp3) is 0.261. The van der Waals surface area contributed by atoms with Gasteiger partial charge in [0.25, 0.3) is 0 Å². The number of rotatable bonds is 4. The third kappa shape index (κ3) is 4.54. The molecular weight excluding hydrogens is 454 g/mol. The molecule has 1 fully saturated rings. The molecular formula is C23H21ClF2N4O3. The van der Waals surface area contributed by atoms with Crippen LogP contribution in [-0.4, -0.2) is 46.1 Å². The summed E-state index contributed by atoms with van der Waals surface area (Å²) in [7, 11) is 0. The molecule has 1 aliphatic heterocycles. The van der Waals surface area contributed by atoms with Crippen LogP contribution in [0.3, 0.4) is 0 Å². The summed E-state index contributed by atoms with van der Waals surface area (Å²) < 4.78 is 29.7. The largest absolute Gasteiger partial charge is 0.334 e. The number of alkyl halides is 1. The Morgan fingerprint density at radius 2 is 1.91 bits per heavy atom. The lowest BCUT2D eigenvalue weighted by Gasteiger charge is -2.24. The van der Waals surface area contributed by atoms with Gasteiger partial charge in [0, 0.05) is 37.0 Å². The first kappa shape index (κ1) is 22.7. The Bertz CT molecular complexity index is 1250. The molecule has 33 heavy (non-hydrogen) atoms. The van der Waals surface area contributed by atoms with Gasteiger partial charge in [0.05, 0.1) is 22.8 Å². The van der Waals surface area contributed by atoms with E-state index < -0.39 is 30.0 Å². The number of hydrogen-bond donors (Lipinski definition) is 2. The van der Waals surface area contributed by atoms with Gasteiger partial charge in [-0.05, 0) is 12.1 Å². The Balaban J connectivity index is 1.50. The quantitative estimate of drug-likeness (QED) is 0.589. The van der Waals surface area contributed by atoms with Gasteiger partial charge in [-0.15, -0.1) is 0 Å². The van der Waals surface area contributed by atoms with Crippen molar-refractivity contribution in [1.82, 2.24) is 14.8 Å². The summed E-state index contributed by atoms with van der Waals surface area (Å²) in [6.45, 7) is 0.966. The Labute approximate surface area is 193 Å². The number of anilines is 1. The highest BCUT2D eigenvalue weighted by molar-refractivity contribution is 6.30. The molecule has 0 bridgehead atoms. The lowest BCUT2D eigenvalue weighted by atomic mass is 10.2. The van der Waals surface area contributed by atoms with Crippen molar-refractivity contribution in [2.45, 2.75) is 32.1 Å². The number of hydrogen-bond acceptors (Lipinski definition) is 3. The molecule has 2 heterocycles. The number of likely N-dealkylation sites (tertiary alicyclic amines) is 1. The second-order valence-corrected chi connectivity index (χ2v) is 8.22.